The minimum absolute atomic E-state index is 0.116. The van der Waals surface area contributed by atoms with Crippen molar-refractivity contribution < 1.29 is 4.79 Å². The highest BCUT2D eigenvalue weighted by atomic mass is 32.2. The third-order valence-electron chi connectivity index (χ3n) is 2.63. The van der Waals surface area contributed by atoms with Gasteiger partial charge in [-0.2, -0.15) is 0 Å². The monoisotopic (exact) mass is 343 g/mol. The fraction of sp³-hybridized carbons (Fsp3) is 0.538. The first-order chi connectivity index (χ1) is 10.3. The van der Waals surface area contributed by atoms with Crippen LogP contribution >= 0.6 is 24.0 Å². The maximum atomic E-state index is 11.8. The van der Waals surface area contributed by atoms with E-state index in [2.05, 4.69) is 26.1 Å². The summed E-state index contributed by atoms with van der Waals surface area (Å²) in [6.45, 7) is 7.57. The van der Waals surface area contributed by atoms with Gasteiger partial charge in [0.2, 0.25) is 5.91 Å². The van der Waals surface area contributed by atoms with Gasteiger partial charge in [0.1, 0.15) is 0 Å². The Balaban J connectivity index is 2.48. The van der Waals surface area contributed by atoms with Crippen LogP contribution in [0, 0.1) is 6.92 Å². The molecule has 1 heterocycles. The molecular weight excluding hydrogens is 322 g/mol. The molecule has 0 aliphatic heterocycles. The van der Waals surface area contributed by atoms with Gasteiger partial charge in [0.05, 0.1) is 5.75 Å². The second-order valence-electron chi connectivity index (χ2n) is 4.88. The summed E-state index contributed by atoms with van der Waals surface area (Å²) in [4.78, 5) is 30.5. The summed E-state index contributed by atoms with van der Waals surface area (Å²) in [6, 6.07) is 0.181. The Morgan fingerprint density at radius 1 is 1.41 bits per heavy atom. The molecule has 0 saturated heterocycles. The average Bonchev–Trinajstić information content (AvgIpc) is 2.42. The Morgan fingerprint density at radius 2 is 2.09 bits per heavy atom. The SMILES string of the molecule is CCc1c(C)nc(SCC(=O)NNC(=S)NC(C)C)[nH]c1=O. The van der Waals surface area contributed by atoms with E-state index in [1.807, 2.05) is 20.8 Å². The summed E-state index contributed by atoms with van der Waals surface area (Å²) in [5, 5.41) is 3.72. The summed E-state index contributed by atoms with van der Waals surface area (Å²) >= 11 is 6.14. The van der Waals surface area contributed by atoms with E-state index < -0.39 is 0 Å². The molecule has 22 heavy (non-hydrogen) atoms. The molecular formula is C13H21N5O2S2. The average molecular weight is 343 g/mol. The fourth-order valence-electron chi connectivity index (χ4n) is 1.66. The molecule has 1 rings (SSSR count). The summed E-state index contributed by atoms with van der Waals surface area (Å²) in [7, 11) is 0. The van der Waals surface area contributed by atoms with E-state index in [-0.39, 0.29) is 23.3 Å². The van der Waals surface area contributed by atoms with Crippen molar-refractivity contribution in [3.8, 4) is 0 Å². The highest BCUT2D eigenvalue weighted by molar-refractivity contribution is 7.99. The molecule has 9 heteroatoms. The van der Waals surface area contributed by atoms with Crippen molar-refractivity contribution in [2.24, 2.45) is 0 Å². The molecule has 0 bridgehead atoms. The molecule has 0 radical (unpaired) electrons. The Hall–Kier alpha value is -1.61. The lowest BCUT2D eigenvalue weighted by Gasteiger charge is -2.13. The number of amides is 1. The minimum atomic E-state index is -0.266. The number of H-pyrrole nitrogens is 1. The predicted octanol–water partition coefficient (Wildman–Crippen LogP) is 0.637. The lowest BCUT2D eigenvalue weighted by molar-refractivity contribution is -0.119. The highest BCUT2D eigenvalue weighted by Gasteiger charge is 2.09. The first-order valence-electron chi connectivity index (χ1n) is 6.91. The lowest BCUT2D eigenvalue weighted by atomic mass is 10.2. The van der Waals surface area contributed by atoms with Gasteiger partial charge in [0.25, 0.3) is 5.56 Å². The van der Waals surface area contributed by atoms with Crippen LogP contribution in [0.5, 0.6) is 0 Å². The van der Waals surface area contributed by atoms with Crippen LogP contribution in [-0.4, -0.2) is 32.8 Å². The molecule has 1 aromatic heterocycles. The predicted molar refractivity (Wildman–Crippen MR) is 91.8 cm³/mol. The maximum Gasteiger partial charge on any atom is 0.254 e. The first-order valence-corrected chi connectivity index (χ1v) is 8.30. The summed E-state index contributed by atoms with van der Waals surface area (Å²) in [5.74, 6) is -0.150. The van der Waals surface area contributed by atoms with Crippen LogP contribution in [0.2, 0.25) is 0 Å². The number of rotatable bonds is 5. The largest absolute Gasteiger partial charge is 0.359 e. The van der Waals surface area contributed by atoms with Crippen LogP contribution < -0.4 is 21.7 Å². The number of hydrogen-bond acceptors (Lipinski definition) is 5. The molecule has 0 saturated carbocycles. The number of aromatic amines is 1. The van der Waals surface area contributed by atoms with Crippen LogP contribution in [0.15, 0.2) is 9.95 Å². The number of aryl methyl sites for hydroxylation is 1. The molecule has 0 fully saturated rings. The Kier molecular flexibility index (Phi) is 7.33. The van der Waals surface area contributed by atoms with Gasteiger partial charge in [-0.25, -0.2) is 4.98 Å². The van der Waals surface area contributed by atoms with Crippen LogP contribution in [0.1, 0.15) is 32.0 Å². The second-order valence-corrected chi connectivity index (χ2v) is 6.25. The van der Waals surface area contributed by atoms with Gasteiger partial charge in [-0.05, 0) is 39.4 Å². The standard InChI is InChI=1S/C13H21N5O2S2/c1-5-9-8(4)15-13(16-11(9)20)22-6-10(19)17-18-12(21)14-7(2)3/h7H,5-6H2,1-4H3,(H,17,19)(H2,14,18,21)(H,15,16,20). The Labute approximate surface area is 139 Å². The fourth-order valence-corrected chi connectivity index (χ4v) is 2.66. The summed E-state index contributed by atoms with van der Waals surface area (Å²) in [6.07, 6.45) is 0.629. The van der Waals surface area contributed by atoms with Gasteiger partial charge < -0.3 is 10.3 Å². The quantitative estimate of drug-likeness (QED) is 0.269. The molecule has 1 amide bonds. The lowest BCUT2D eigenvalue weighted by Crippen LogP contribution is -2.49. The van der Waals surface area contributed by atoms with E-state index in [0.29, 0.717) is 27.9 Å². The van der Waals surface area contributed by atoms with Gasteiger partial charge in [0.15, 0.2) is 10.3 Å². The van der Waals surface area contributed by atoms with Crippen molar-refractivity contribution in [1.82, 2.24) is 26.1 Å². The third kappa shape index (κ3) is 6.02. The van der Waals surface area contributed by atoms with Gasteiger partial charge in [0, 0.05) is 17.3 Å². The Bertz CT molecular complexity index is 601. The molecule has 1 aromatic rings. The number of hydrogen-bond donors (Lipinski definition) is 4. The zero-order valence-electron chi connectivity index (χ0n) is 13.1. The van der Waals surface area contributed by atoms with Crippen LogP contribution in [0.25, 0.3) is 0 Å². The van der Waals surface area contributed by atoms with E-state index in [0.717, 1.165) is 11.8 Å². The van der Waals surface area contributed by atoms with Crippen molar-refractivity contribution in [3.05, 3.63) is 21.6 Å². The zero-order valence-corrected chi connectivity index (χ0v) is 14.7. The van der Waals surface area contributed by atoms with Crippen LogP contribution in [0.3, 0.4) is 0 Å². The van der Waals surface area contributed by atoms with Gasteiger partial charge in [-0.3, -0.25) is 20.4 Å². The zero-order chi connectivity index (χ0) is 16.7. The Morgan fingerprint density at radius 3 is 2.64 bits per heavy atom. The first kappa shape index (κ1) is 18.4. The maximum absolute atomic E-state index is 11.8. The number of carbonyl (C=O) groups is 1. The molecule has 4 N–H and O–H groups in total. The minimum Gasteiger partial charge on any atom is -0.359 e. The molecule has 0 atom stereocenters. The van der Waals surface area contributed by atoms with Crippen molar-refractivity contribution in [1.29, 1.82) is 0 Å². The number of thiocarbonyl (C=S) groups is 1. The number of aromatic nitrogens is 2. The molecule has 0 unspecified atom stereocenters. The smallest absolute Gasteiger partial charge is 0.254 e. The number of carbonyl (C=O) groups excluding carboxylic acids is 1. The molecule has 0 aliphatic carbocycles. The number of thioether (sulfide) groups is 1. The molecule has 0 aromatic carbocycles. The highest BCUT2D eigenvalue weighted by Crippen LogP contribution is 2.12. The molecule has 122 valence electrons. The van der Waals surface area contributed by atoms with E-state index in [4.69, 9.17) is 12.2 Å². The van der Waals surface area contributed by atoms with E-state index in [9.17, 15) is 9.59 Å². The van der Waals surface area contributed by atoms with Gasteiger partial charge in [-0.15, -0.1) is 0 Å². The van der Waals surface area contributed by atoms with Crippen molar-refractivity contribution in [3.63, 3.8) is 0 Å². The molecule has 0 spiro atoms. The summed E-state index contributed by atoms with van der Waals surface area (Å²) in [5.41, 5.74) is 6.29. The number of nitrogens with zero attached hydrogens (tertiary/aromatic N) is 1. The second kappa shape index (κ2) is 8.74. The van der Waals surface area contributed by atoms with Crippen molar-refractivity contribution in [2.75, 3.05) is 5.75 Å². The van der Waals surface area contributed by atoms with Crippen molar-refractivity contribution >= 4 is 35.0 Å². The molecule has 0 aliphatic rings. The number of hydrazine groups is 1. The van der Waals surface area contributed by atoms with Crippen molar-refractivity contribution in [2.45, 2.75) is 45.3 Å². The van der Waals surface area contributed by atoms with E-state index in [1.54, 1.807) is 6.92 Å². The van der Waals surface area contributed by atoms with Crippen LogP contribution in [0.4, 0.5) is 0 Å². The van der Waals surface area contributed by atoms with E-state index >= 15 is 0 Å². The normalized spacial score (nSPS) is 10.4. The van der Waals surface area contributed by atoms with E-state index in [1.165, 1.54) is 0 Å². The van der Waals surface area contributed by atoms with Gasteiger partial charge >= 0.3 is 0 Å². The third-order valence-corrected chi connectivity index (χ3v) is 3.72. The topological polar surface area (TPSA) is 98.9 Å². The number of nitrogens with one attached hydrogen (secondary N) is 4. The molecule has 7 nitrogen and oxygen atoms in total. The van der Waals surface area contributed by atoms with Crippen LogP contribution in [-0.2, 0) is 11.2 Å². The summed E-state index contributed by atoms with van der Waals surface area (Å²) < 4.78 is 0. The van der Waals surface area contributed by atoms with Gasteiger partial charge in [-0.1, -0.05) is 18.7 Å².